The van der Waals surface area contributed by atoms with Crippen LogP contribution in [0.1, 0.15) is 18.9 Å². The van der Waals surface area contributed by atoms with E-state index in [1.54, 1.807) is 6.92 Å². The van der Waals surface area contributed by atoms with E-state index in [1.807, 2.05) is 0 Å². The molecule has 0 unspecified atom stereocenters. The Kier molecular flexibility index (Phi) is 4.70. The fourth-order valence-corrected chi connectivity index (χ4v) is 2.18. The van der Waals surface area contributed by atoms with Crippen molar-refractivity contribution in [3.8, 4) is 0 Å². The van der Waals surface area contributed by atoms with Crippen LogP contribution in [0.25, 0.3) is 0 Å². The summed E-state index contributed by atoms with van der Waals surface area (Å²) in [4.78, 5) is 0. The molecule has 0 amide bonds. The van der Waals surface area contributed by atoms with Crippen LogP contribution in [0, 0.1) is 5.82 Å². The molecule has 0 aliphatic rings. The first kappa shape index (κ1) is 13.4. The molecule has 0 heterocycles. The summed E-state index contributed by atoms with van der Waals surface area (Å²) in [6.45, 7) is 1.43. The van der Waals surface area contributed by atoms with E-state index < -0.39 is 15.9 Å². The van der Waals surface area contributed by atoms with Gasteiger partial charge in [0.05, 0.1) is 12.4 Å². The van der Waals surface area contributed by atoms with Crippen LogP contribution in [0.4, 0.5) is 4.39 Å². The molecular formula is C10H12ClFO3S. The van der Waals surface area contributed by atoms with Gasteiger partial charge in [-0.1, -0.05) is 24.6 Å². The Bertz CT molecular complexity index is 459. The summed E-state index contributed by atoms with van der Waals surface area (Å²) in [6.07, 6.45) is 0.464. The van der Waals surface area contributed by atoms with Crippen LogP contribution >= 0.6 is 11.6 Å². The van der Waals surface area contributed by atoms with Crippen LogP contribution in [0.3, 0.4) is 0 Å². The molecule has 0 spiro atoms. The molecule has 0 saturated heterocycles. The highest BCUT2D eigenvalue weighted by Crippen LogP contribution is 2.16. The number of halogens is 2. The molecule has 0 bridgehead atoms. The maximum atomic E-state index is 13.3. The topological polar surface area (TPSA) is 43.4 Å². The van der Waals surface area contributed by atoms with Crippen molar-refractivity contribution >= 4 is 21.7 Å². The summed E-state index contributed by atoms with van der Waals surface area (Å²) in [7, 11) is -3.56. The van der Waals surface area contributed by atoms with Crippen LogP contribution in [0.15, 0.2) is 18.2 Å². The van der Waals surface area contributed by atoms with Crippen molar-refractivity contribution in [2.45, 2.75) is 20.0 Å². The predicted octanol–water partition coefficient (Wildman–Crippen LogP) is 2.74. The summed E-state index contributed by atoms with van der Waals surface area (Å²) in [6, 6.07) is 4.00. The van der Waals surface area contributed by atoms with E-state index in [0.29, 0.717) is 6.42 Å². The Labute approximate surface area is 99.3 Å². The molecule has 0 N–H and O–H groups in total. The van der Waals surface area contributed by atoms with Crippen LogP contribution < -0.4 is 0 Å². The zero-order valence-corrected chi connectivity index (χ0v) is 10.3. The van der Waals surface area contributed by atoms with Crippen molar-refractivity contribution in [3.63, 3.8) is 0 Å². The van der Waals surface area contributed by atoms with Crippen molar-refractivity contribution in [1.82, 2.24) is 0 Å². The van der Waals surface area contributed by atoms with Crippen LogP contribution in [0.2, 0.25) is 5.02 Å². The van der Waals surface area contributed by atoms with E-state index >= 15 is 0 Å². The van der Waals surface area contributed by atoms with Gasteiger partial charge in [0.2, 0.25) is 0 Å². The van der Waals surface area contributed by atoms with Crippen molar-refractivity contribution in [3.05, 3.63) is 34.6 Å². The third-order valence-electron chi connectivity index (χ3n) is 1.86. The minimum Gasteiger partial charge on any atom is -0.265 e. The molecule has 0 aliphatic carbocycles. The average Bonchev–Trinajstić information content (AvgIpc) is 2.16. The second-order valence-corrected chi connectivity index (χ2v) is 5.46. The van der Waals surface area contributed by atoms with Gasteiger partial charge in [0.15, 0.2) is 0 Å². The van der Waals surface area contributed by atoms with Crippen LogP contribution in [0.5, 0.6) is 0 Å². The molecule has 16 heavy (non-hydrogen) atoms. The zero-order chi connectivity index (χ0) is 12.2. The second-order valence-electron chi connectivity index (χ2n) is 3.26. The molecule has 0 fully saturated rings. The molecule has 0 radical (unpaired) electrons. The summed E-state index contributed by atoms with van der Waals surface area (Å²) in [5.74, 6) is -0.637. The van der Waals surface area contributed by atoms with Crippen molar-refractivity contribution in [1.29, 1.82) is 0 Å². The summed E-state index contributed by atoms with van der Waals surface area (Å²) >= 11 is 5.56. The molecule has 1 rings (SSSR count). The molecule has 0 saturated carbocycles. The third kappa shape index (κ3) is 4.08. The van der Waals surface area contributed by atoms with Gasteiger partial charge >= 0.3 is 0 Å². The molecule has 1 aromatic carbocycles. The van der Waals surface area contributed by atoms with Gasteiger partial charge in [-0.15, -0.1) is 0 Å². The lowest BCUT2D eigenvalue weighted by atomic mass is 10.2. The summed E-state index contributed by atoms with van der Waals surface area (Å²) in [5, 5.41) is 0.262. The fourth-order valence-electron chi connectivity index (χ4n) is 1.10. The molecular weight excluding hydrogens is 255 g/mol. The Morgan fingerprint density at radius 1 is 1.44 bits per heavy atom. The Hall–Kier alpha value is -0.650. The van der Waals surface area contributed by atoms with Crippen LogP contribution in [-0.4, -0.2) is 14.2 Å². The minimum atomic E-state index is -3.56. The third-order valence-corrected chi connectivity index (χ3v) is 3.48. The molecule has 0 aliphatic heterocycles. The maximum absolute atomic E-state index is 13.3. The smallest absolute Gasteiger partial charge is 0.265 e. The average molecular weight is 267 g/mol. The summed E-state index contributed by atoms with van der Waals surface area (Å²) in [5.41, 5.74) is 0.170. The Balaban J connectivity index is 2.68. The molecule has 6 heteroatoms. The number of hydrogen-bond donors (Lipinski definition) is 0. The quantitative estimate of drug-likeness (QED) is 0.770. The van der Waals surface area contributed by atoms with Gasteiger partial charge in [0.1, 0.15) is 5.82 Å². The number of benzene rings is 1. The Morgan fingerprint density at radius 3 is 2.69 bits per heavy atom. The molecule has 0 atom stereocenters. The van der Waals surface area contributed by atoms with E-state index in [4.69, 9.17) is 11.6 Å². The van der Waals surface area contributed by atoms with E-state index in [1.165, 1.54) is 12.1 Å². The van der Waals surface area contributed by atoms with Crippen molar-refractivity contribution < 1.29 is 17.0 Å². The second kappa shape index (κ2) is 5.61. The standard InChI is InChI=1S/C10H12ClFO3S/c1-2-5-16(13,14)15-7-8-3-4-9(11)6-10(8)12/h3-4,6H,2,5,7H2,1H3. The zero-order valence-electron chi connectivity index (χ0n) is 8.74. The summed E-state index contributed by atoms with van der Waals surface area (Å²) < 4.78 is 40.3. The van der Waals surface area contributed by atoms with Crippen LogP contribution in [-0.2, 0) is 20.9 Å². The molecule has 0 aromatic heterocycles. The van der Waals surface area contributed by atoms with E-state index in [2.05, 4.69) is 4.18 Å². The fraction of sp³-hybridized carbons (Fsp3) is 0.400. The van der Waals surface area contributed by atoms with Gasteiger partial charge < -0.3 is 0 Å². The van der Waals surface area contributed by atoms with Gasteiger partial charge in [0.25, 0.3) is 10.1 Å². The molecule has 3 nitrogen and oxygen atoms in total. The monoisotopic (exact) mass is 266 g/mol. The van der Waals surface area contributed by atoms with Gasteiger partial charge in [-0.3, -0.25) is 4.18 Å². The van der Waals surface area contributed by atoms with E-state index in [0.717, 1.165) is 6.07 Å². The Morgan fingerprint density at radius 2 is 2.12 bits per heavy atom. The van der Waals surface area contributed by atoms with Crippen molar-refractivity contribution in [2.24, 2.45) is 0 Å². The normalized spacial score (nSPS) is 11.7. The largest absolute Gasteiger partial charge is 0.267 e. The van der Waals surface area contributed by atoms with Gasteiger partial charge in [-0.25, -0.2) is 4.39 Å². The van der Waals surface area contributed by atoms with E-state index in [9.17, 15) is 12.8 Å². The number of hydrogen-bond acceptors (Lipinski definition) is 3. The lowest BCUT2D eigenvalue weighted by Gasteiger charge is -2.05. The first-order valence-electron chi connectivity index (χ1n) is 4.75. The first-order valence-corrected chi connectivity index (χ1v) is 6.71. The predicted molar refractivity (Wildman–Crippen MR) is 60.3 cm³/mol. The van der Waals surface area contributed by atoms with Gasteiger partial charge in [-0.2, -0.15) is 8.42 Å². The number of rotatable bonds is 5. The van der Waals surface area contributed by atoms with Gasteiger partial charge in [-0.05, 0) is 18.6 Å². The molecule has 90 valence electrons. The highest BCUT2D eigenvalue weighted by molar-refractivity contribution is 7.86. The lowest BCUT2D eigenvalue weighted by molar-refractivity contribution is 0.302. The first-order chi connectivity index (χ1) is 7.44. The maximum Gasteiger partial charge on any atom is 0.267 e. The highest BCUT2D eigenvalue weighted by Gasteiger charge is 2.11. The minimum absolute atomic E-state index is 0.0673. The molecule has 1 aromatic rings. The lowest BCUT2D eigenvalue weighted by Crippen LogP contribution is -2.10. The van der Waals surface area contributed by atoms with E-state index in [-0.39, 0.29) is 22.9 Å². The highest BCUT2D eigenvalue weighted by atomic mass is 35.5. The van der Waals surface area contributed by atoms with Gasteiger partial charge in [0, 0.05) is 10.6 Å². The van der Waals surface area contributed by atoms with Crippen molar-refractivity contribution in [2.75, 3.05) is 5.75 Å². The SMILES string of the molecule is CCCS(=O)(=O)OCc1ccc(Cl)cc1F.